The fourth-order valence-corrected chi connectivity index (χ4v) is 10.00. The van der Waals surface area contributed by atoms with E-state index < -0.39 is 142 Å². The Balaban J connectivity index is 0.829. The fourth-order valence-electron chi connectivity index (χ4n) is 9.74. The first-order chi connectivity index (χ1) is 37.6. The highest BCUT2D eigenvalue weighted by Gasteiger charge is 2.46. The Labute approximate surface area is 447 Å². The van der Waals surface area contributed by atoms with Crippen molar-refractivity contribution in [1.82, 2.24) is 51.7 Å². The number of phosphoric acid groups is 1. The van der Waals surface area contributed by atoms with Crippen LogP contribution in [-0.2, 0) is 93.3 Å². The van der Waals surface area contributed by atoms with Crippen molar-refractivity contribution in [3.8, 4) is 11.4 Å². The SMILES string of the molecule is CC[C@@]1(O)C(=O)OCc2c1cc1n(c2=O)Cc2c-1nc1cc(F)c(C)c3c1c2[C@@H](NC(=O)COCNC(=O)CNC(=O)[C@H](Cc1ccccc1)NC(=O)CNC(=O)CNC(=O)C(CNCOP(=O)(O)O)N1C(=O)C=CC1=O)CC3. The third-order valence-corrected chi connectivity index (χ3v) is 14.1. The van der Waals surface area contributed by atoms with Crippen LogP contribution in [0, 0.1) is 12.7 Å². The summed E-state index contributed by atoms with van der Waals surface area (Å²) in [6, 6.07) is 7.81. The van der Waals surface area contributed by atoms with Crippen LogP contribution >= 0.6 is 7.82 Å². The van der Waals surface area contributed by atoms with Gasteiger partial charge in [0.05, 0.1) is 54.7 Å². The van der Waals surface area contributed by atoms with Crippen molar-refractivity contribution >= 4 is 72.0 Å². The number of nitrogens with one attached hydrogen (secondary N) is 7. The van der Waals surface area contributed by atoms with Crippen LogP contribution in [0.15, 0.2) is 59.4 Å². The average Bonchev–Trinajstić information content (AvgIpc) is 4.23. The number of fused-ring (bicyclic) bond motifs is 5. The van der Waals surface area contributed by atoms with Gasteiger partial charge in [-0.25, -0.2) is 18.7 Å². The highest BCUT2D eigenvalue weighted by molar-refractivity contribution is 7.46. The van der Waals surface area contributed by atoms with Gasteiger partial charge in [0.1, 0.15) is 44.6 Å². The Morgan fingerprint density at radius 1 is 0.886 bits per heavy atom. The lowest BCUT2D eigenvalue weighted by Crippen LogP contribution is -2.55. The quantitative estimate of drug-likeness (QED) is 0.0109. The number of amides is 8. The molecule has 8 amide bonds. The molecule has 0 saturated carbocycles. The molecule has 0 spiro atoms. The van der Waals surface area contributed by atoms with Gasteiger partial charge in [-0.15, -0.1) is 0 Å². The molecule has 1 unspecified atom stereocenters. The molecule has 4 aromatic rings. The second-order valence-electron chi connectivity index (χ2n) is 18.7. The van der Waals surface area contributed by atoms with Gasteiger partial charge in [-0.2, -0.15) is 0 Å². The lowest BCUT2D eigenvalue weighted by Gasteiger charge is -2.31. The summed E-state index contributed by atoms with van der Waals surface area (Å²) in [6.45, 7) is -1.41. The largest absolute Gasteiger partial charge is 0.470 e. The molecule has 29 heteroatoms. The molecule has 418 valence electrons. The van der Waals surface area contributed by atoms with Crippen LogP contribution in [-0.4, -0.2) is 141 Å². The van der Waals surface area contributed by atoms with Crippen molar-refractivity contribution < 1.29 is 81.0 Å². The minimum atomic E-state index is -4.90. The van der Waals surface area contributed by atoms with Gasteiger partial charge in [-0.1, -0.05) is 37.3 Å². The number of aromatic nitrogens is 2. The number of carbonyl (C=O) groups is 9. The molecule has 8 rings (SSSR count). The van der Waals surface area contributed by atoms with Crippen LogP contribution in [0.25, 0.3) is 22.3 Å². The Kier molecular flexibility index (Phi) is 17.2. The number of imide groups is 1. The molecule has 2 aromatic carbocycles. The number of aryl methyl sites for hydroxylation is 1. The first-order valence-electron chi connectivity index (χ1n) is 24.6. The summed E-state index contributed by atoms with van der Waals surface area (Å²) in [5.74, 6) is -8.00. The molecule has 0 fully saturated rings. The van der Waals surface area contributed by atoms with Crippen molar-refractivity contribution in [2.75, 3.05) is 46.2 Å². The zero-order valence-corrected chi connectivity index (χ0v) is 43.2. The number of rotatable bonds is 23. The van der Waals surface area contributed by atoms with E-state index in [2.05, 4.69) is 41.7 Å². The fraction of sp³-hybridized carbons (Fsp3) is 0.380. The van der Waals surface area contributed by atoms with Crippen molar-refractivity contribution in [1.29, 1.82) is 0 Å². The van der Waals surface area contributed by atoms with Crippen molar-refractivity contribution in [2.24, 2.45) is 0 Å². The molecule has 2 aromatic heterocycles. The number of hydrogen-bond acceptors (Lipinski definition) is 17. The van der Waals surface area contributed by atoms with E-state index in [-0.39, 0.29) is 42.6 Å². The van der Waals surface area contributed by atoms with Gasteiger partial charge in [-0.3, -0.25) is 57.9 Å². The van der Waals surface area contributed by atoms with Crippen LogP contribution in [0.5, 0.6) is 0 Å². The van der Waals surface area contributed by atoms with E-state index in [9.17, 15) is 57.6 Å². The number of cyclic esters (lactones) is 1. The van der Waals surface area contributed by atoms with E-state index in [1.165, 1.54) is 10.6 Å². The minimum absolute atomic E-state index is 0.0271. The first kappa shape index (κ1) is 57.1. The normalized spacial score (nSPS) is 17.7. The van der Waals surface area contributed by atoms with Gasteiger partial charge in [0, 0.05) is 47.7 Å². The van der Waals surface area contributed by atoms with Crippen molar-refractivity contribution in [3.63, 3.8) is 0 Å². The molecule has 0 bridgehead atoms. The molecule has 1 aliphatic carbocycles. The Hall–Kier alpha value is -8.11. The van der Waals surface area contributed by atoms with E-state index in [4.69, 9.17) is 24.2 Å². The summed E-state index contributed by atoms with van der Waals surface area (Å²) in [7, 11) is -4.90. The van der Waals surface area contributed by atoms with Crippen LogP contribution in [0.1, 0.15) is 64.8 Å². The standard InChI is InChI=1S/C50H54FN10O17P/c1-3-50(72)30-14-35-45-28(20-60(35)48(70)29(30)21-77-49(50)71)44-32(10-9-27-25(2)31(51)15-33(59-45)43(27)44)57-40(65)22-76-24-56-38(63)18-54-46(68)34(13-26-7-5-4-6-8-26)58-39(64)19-53-37(62)17-55-47(69)36(16-52-23-78-79(73,74)75)61-41(66)11-12-42(61)67/h4-8,11-12,14-15,32,34,36,52,72H,3,9-10,13,16-24H2,1-2H3,(H,53,62)(H,54,68)(H,55,69)(H,56,63)(H,57,65)(H,58,64)(H2,73,74,75)/t32-,34-,36?,50-/m0/s1. The molecular formula is C50H54FN10O17P. The molecule has 5 heterocycles. The summed E-state index contributed by atoms with van der Waals surface area (Å²) < 4.78 is 42.7. The number of pyridine rings is 2. The smallest absolute Gasteiger partial charge is 0.458 e. The number of esters is 1. The number of carbonyl (C=O) groups excluding carboxylic acids is 9. The topological polar surface area (TPSA) is 381 Å². The van der Waals surface area contributed by atoms with Crippen LogP contribution < -0.4 is 42.8 Å². The molecule has 3 aliphatic heterocycles. The Bertz CT molecular complexity index is 3310. The summed E-state index contributed by atoms with van der Waals surface area (Å²) in [5, 5.41) is 29.1. The van der Waals surface area contributed by atoms with Gasteiger partial charge in [0.15, 0.2) is 5.60 Å². The Morgan fingerprint density at radius 3 is 2.27 bits per heavy atom. The number of hydrogen-bond donors (Lipinski definition) is 10. The van der Waals surface area contributed by atoms with Gasteiger partial charge in [-0.05, 0) is 54.5 Å². The maximum Gasteiger partial charge on any atom is 0.470 e. The van der Waals surface area contributed by atoms with Crippen molar-refractivity contribution in [2.45, 2.75) is 76.4 Å². The second-order valence-corrected chi connectivity index (χ2v) is 19.9. The molecule has 10 N–H and O–H groups in total. The van der Waals surface area contributed by atoms with Gasteiger partial charge in [0.2, 0.25) is 35.4 Å². The number of phosphoric ester groups is 1. The molecule has 79 heavy (non-hydrogen) atoms. The zero-order chi connectivity index (χ0) is 56.9. The molecule has 4 aliphatic rings. The van der Waals surface area contributed by atoms with E-state index in [1.807, 2.05) is 0 Å². The molecular weight excluding hydrogens is 1060 g/mol. The molecule has 0 saturated heterocycles. The predicted molar refractivity (Wildman–Crippen MR) is 269 cm³/mol. The third kappa shape index (κ3) is 12.6. The van der Waals surface area contributed by atoms with E-state index in [1.54, 1.807) is 50.2 Å². The number of benzene rings is 2. The maximum atomic E-state index is 15.4. The molecule has 27 nitrogen and oxygen atoms in total. The molecule has 4 atom stereocenters. The number of ether oxygens (including phenoxy) is 2. The first-order valence-corrected chi connectivity index (χ1v) is 26.2. The van der Waals surface area contributed by atoms with E-state index >= 15 is 4.39 Å². The predicted octanol–water partition coefficient (Wildman–Crippen LogP) is -2.25. The summed E-state index contributed by atoms with van der Waals surface area (Å²) in [4.78, 5) is 153. The summed E-state index contributed by atoms with van der Waals surface area (Å²) in [6.07, 6.45) is 2.39. The second kappa shape index (κ2) is 23.9. The lowest BCUT2D eigenvalue weighted by molar-refractivity contribution is -0.172. The summed E-state index contributed by atoms with van der Waals surface area (Å²) in [5.41, 5.74) is 1.53. The van der Waals surface area contributed by atoms with E-state index in [0.29, 0.717) is 62.3 Å². The highest BCUT2D eigenvalue weighted by atomic mass is 31.2. The van der Waals surface area contributed by atoms with Gasteiger partial charge >= 0.3 is 13.8 Å². The number of halogens is 1. The van der Waals surface area contributed by atoms with Gasteiger partial charge < -0.3 is 60.8 Å². The van der Waals surface area contributed by atoms with Gasteiger partial charge in [0.25, 0.3) is 17.4 Å². The number of nitrogens with zero attached hydrogens (tertiary/aromatic N) is 3. The summed E-state index contributed by atoms with van der Waals surface area (Å²) >= 11 is 0. The van der Waals surface area contributed by atoms with E-state index in [0.717, 1.165) is 12.2 Å². The lowest BCUT2D eigenvalue weighted by atomic mass is 9.81. The Morgan fingerprint density at radius 2 is 1.57 bits per heavy atom. The number of aliphatic hydroxyl groups is 1. The zero-order valence-electron chi connectivity index (χ0n) is 42.3. The highest BCUT2D eigenvalue weighted by Crippen LogP contribution is 2.46. The van der Waals surface area contributed by atoms with Crippen molar-refractivity contribution in [3.05, 3.63) is 110 Å². The average molecular weight is 1120 g/mol. The third-order valence-electron chi connectivity index (χ3n) is 13.7. The van der Waals surface area contributed by atoms with Crippen LogP contribution in [0.2, 0.25) is 0 Å². The van der Waals surface area contributed by atoms with Crippen LogP contribution in [0.4, 0.5) is 4.39 Å². The van der Waals surface area contributed by atoms with Crippen LogP contribution in [0.3, 0.4) is 0 Å². The minimum Gasteiger partial charge on any atom is -0.458 e. The maximum absolute atomic E-state index is 15.4. The molecule has 0 radical (unpaired) electrons. The monoisotopic (exact) mass is 1120 g/mol.